The number of amides is 2. The number of likely N-dealkylation sites (N-methyl/N-ethyl adjacent to an activating group) is 1. The van der Waals surface area contributed by atoms with Gasteiger partial charge in [0.1, 0.15) is 11.6 Å². The highest BCUT2D eigenvalue weighted by atomic mass is 32.2. The summed E-state index contributed by atoms with van der Waals surface area (Å²) < 4.78 is 41.4. The molecule has 57 heavy (non-hydrogen) atoms. The van der Waals surface area contributed by atoms with Crippen LogP contribution in [0.15, 0.2) is 74.6 Å². The van der Waals surface area contributed by atoms with E-state index in [1.807, 2.05) is 0 Å². The maximum Gasteiger partial charge on any atom is 0.366 e. The lowest BCUT2D eigenvalue weighted by atomic mass is 9.73. The molecule has 1 aliphatic carbocycles. The molecule has 2 amide bonds. The molecule has 2 heterocycles. The van der Waals surface area contributed by atoms with Crippen LogP contribution in [0.25, 0.3) is 0 Å². The highest BCUT2D eigenvalue weighted by molar-refractivity contribution is 7.84. The summed E-state index contributed by atoms with van der Waals surface area (Å²) in [6.45, 7) is 15.1. The lowest BCUT2D eigenvalue weighted by Crippen LogP contribution is -2.64. The third-order valence-electron chi connectivity index (χ3n) is 10.1. The number of aliphatic imine (C=N–C) groups is 2. The summed E-state index contributed by atoms with van der Waals surface area (Å²) in [5, 5.41) is 15.6. The van der Waals surface area contributed by atoms with Crippen LogP contribution in [0.2, 0.25) is 0 Å². The topological polar surface area (TPSA) is 226 Å². The summed E-state index contributed by atoms with van der Waals surface area (Å²) in [6, 6.07) is 2.89. The van der Waals surface area contributed by atoms with Gasteiger partial charge in [-0.3, -0.25) is 14.1 Å². The molecule has 5 N–H and O–H groups in total. The molecule has 0 saturated carbocycles. The number of aryl methyl sites for hydroxylation is 2. The number of ether oxygens (including phenoxy) is 1. The molecule has 17 heteroatoms. The average Bonchev–Trinajstić information content (AvgIpc) is 3.55. The Bertz CT molecular complexity index is 2080. The zero-order valence-electron chi connectivity index (χ0n) is 34.0. The summed E-state index contributed by atoms with van der Waals surface area (Å²) in [5.41, 5.74) is 8.71. The van der Waals surface area contributed by atoms with Gasteiger partial charge in [-0.1, -0.05) is 54.8 Å². The minimum atomic E-state index is -5.09. The number of aliphatic carboxylic acids is 1. The van der Waals surface area contributed by atoms with E-state index in [1.165, 1.54) is 31.6 Å². The fourth-order valence-corrected chi connectivity index (χ4v) is 7.66. The van der Waals surface area contributed by atoms with Crippen molar-refractivity contribution >= 4 is 45.7 Å². The van der Waals surface area contributed by atoms with Gasteiger partial charge in [-0.05, 0) is 95.6 Å². The van der Waals surface area contributed by atoms with E-state index in [2.05, 4.69) is 72.9 Å². The van der Waals surface area contributed by atoms with Crippen molar-refractivity contribution < 1.29 is 42.0 Å². The number of oxime groups is 1. The van der Waals surface area contributed by atoms with Gasteiger partial charge in [0.25, 0.3) is 17.8 Å². The molecule has 0 radical (unpaired) electrons. The summed E-state index contributed by atoms with van der Waals surface area (Å²) in [7, 11) is -1.88. The number of β-lactam (4-membered cyclic amide) rings is 1. The Labute approximate surface area is 334 Å². The van der Waals surface area contributed by atoms with Crippen molar-refractivity contribution in [1.82, 2.24) is 14.5 Å². The quantitative estimate of drug-likeness (QED) is 0.0333. The minimum Gasteiger partial charge on any atom is -0.478 e. The predicted molar refractivity (Wildman–Crippen MR) is 218 cm³/mol. The highest BCUT2D eigenvalue weighted by Gasteiger charge is 2.50. The summed E-state index contributed by atoms with van der Waals surface area (Å²) >= 11 is 0. The molecule has 2 aliphatic heterocycles. The van der Waals surface area contributed by atoms with Crippen molar-refractivity contribution in [1.29, 1.82) is 0 Å². The second kappa shape index (κ2) is 18.3. The van der Waals surface area contributed by atoms with Gasteiger partial charge in [0, 0.05) is 38.5 Å². The van der Waals surface area contributed by atoms with Crippen LogP contribution in [-0.2, 0) is 35.9 Å². The number of unbranched alkanes of at least 4 members (excludes halogenated alkanes) is 2. The maximum atomic E-state index is 13.6. The third-order valence-corrected chi connectivity index (χ3v) is 10.9. The van der Waals surface area contributed by atoms with E-state index in [9.17, 15) is 32.5 Å². The normalized spacial score (nSPS) is 21.0. The largest absolute Gasteiger partial charge is 0.478 e. The van der Waals surface area contributed by atoms with Crippen molar-refractivity contribution in [3.63, 3.8) is 0 Å². The van der Waals surface area contributed by atoms with Gasteiger partial charge in [0.15, 0.2) is 11.8 Å². The molecule has 3 atom stereocenters. The molecule has 16 nitrogen and oxygen atoms in total. The number of nitrogens with zero attached hydrogens (tertiary/aromatic N) is 5. The number of hydrogen-bond donors (Lipinski definition) is 4. The van der Waals surface area contributed by atoms with Crippen LogP contribution in [0.1, 0.15) is 95.8 Å². The van der Waals surface area contributed by atoms with E-state index in [1.54, 1.807) is 19.0 Å². The molecule has 310 valence electrons. The molecule has 4 rings (SSSR count). The molecule has 1 aromatic carbocycles. The fraction of sp³-hybridized carbons (Fsp3) is 0.500. The van der Waals surface area contributed by atoms with Gasteiger partial charge in [0.05, 0.1) is 11.4 Å². The first-order chi connectivity index (χ1) is 26.7. The molecule has 1 aromatic rings. The summed E-state index contributed by atoms with van der Waals surface area (Å²) in [5.74, 6) is -2.57. The van der Waals surface area contributed by atoms with Gasteiger partial charge < -0.3 is 30.6 Å². The highest BCUT2D eigenvalue weighted by Crippen LogP contribution is 2.45. The Morgan fingerprint density at radius 3 is 2.53 bits per heavy atom. The van der Waals surface area contributed by atoms with Crippen LogP contribution in [-0.4, -0.2) is 94.9 Å². The number of rotatable bonds is 16. The number of allylic oxidation sites excluding steroid dienone is 3. The SMILES string of the molecule is C=C(C)[C@@H]1CCC(C)=C[C@H]1c1c(C)cc(CCCCC)cc1OC(=NC)N(C)C/C=C1\[C@H](NC(=O)/C(=N\OC(C)(C)C(=O)O)C2=CCC(N)=N2)C(=O)N1S(=O)(=O)O. The zero-order valence-corrected chi connectivity index (χ0v) is 34.8. The number of hydrogen-bond acceptors (Lipinski definition) is 11. The first kappa shape index (κ1) is 44.4. The Morgan fingerprint density at radius 2 is 1.95 bits per heavy atom. The van der Waals surface area contributed by atoms with E-state index in [0.717, 1.165) is 60.8 Å². The molecule has 0 bridgehead atoms. The lowest BCUT2D eigenvalue weighted by Gasteiger charge is -2.38. The molecule has 0 unspecified atom stereocenters. The van der Waals surface area contributed by atoms with E-state index in [4.69, 9.17) is 15.3 Å². The van der Waals surface area contributed by atoms with Gasteiger partial charge in [-0.25, -0.2) is 14.8 Å². The van der Waals surface area contributed by atoms with Crippen LogP contribution in [0.3, 0.4) is 0 Å². The number of carboxylic acids is 1. The molecule has 0 aromatic heterocycles. The van der Waals surface area contributed by atoms with Crippen molar-refractivity contribution in [3.05, 3.63) is 76.2 Å². The standard InChI is InChI=1S/C40H55N7O9S/c1-10-11-12-13-26-21-25(5)33(28-20-24(4)14-15-27(28)23(2)3)31(22-26)55-39(42-8)46(9)19-18-30-35(37(49)47(30)57(52,53)54)44-36(48)34(29-16-17-32(41)43-29)45-56-40(6,7)38(50)51/h16,18,20-22,27-28,35H,2,10-15,17,19H2,1,3-9H3,(H2,41,43)(H,44,48)(H,50,51)(H,52,53,54)/b30-18+,42-39?,45-34-/t27-,28+,35-/m0/s1. The average molecular weight is 810 g/mol. The van der Waals surface area contributed by atoms with Crippen molar-refractivity contribution in [2.24, 2.45) is 26.8 Å². The van der Waals surface area contributed by atoms with Gasteiger partial charge in [0.2, 0.25) is 5.60 Å². The number of nitrogens with one attached hydrogen (secondary N) is 1. The summed E-state index contributed by atoms with van der Waals surface area (Å²) in [4.78, 5) is 53.5. The van der Waals surface area contributed by atoms with Crippen molar-refractivity contribution in [2.75, 3.05) is 20.6 Å². The van der Waals surface area contributed by atoms with E-state index < -0.39 is 45.4 Å². The molecule has 1 saturated heterocycles. The van der Waals surface area contributed by atoms with Crippen LogP contribution < -0.4 is 15.8 Å². The Balaban J connectivity index is 1.66. The predicted octanol–water partition coefficient (Wildman–Crippen LogP) is 4.93. The van der Waals surface area contributed by atoms with Crippen molar-refractivity contribution in [3.8, 4) is 5.75 Å². The van der Waals surface area contributed by atoms with Crippen LogP contribution >= 0.6 is 0 Å². The number of nitrogens with two attached hydrogens (primary N) is 1. The second-order valence-electron chi connectivity index (χ2n) is 15.2. The van der Waals surface area contributed by atoms with Crippen LogP contribution in [0.4, 0.5) is 0 Å². The molecule has 1 fully saturated rings. The Morgan fingerprint density at radius 1 is 1.25 bits per heavy atom. The number of carbonyl (C=O) groups excluding carboxylic acids is 2. The van der Waals surface area contributed by atoms with E-state index >= 15 is 0 Å². The van der Waals surface area contributed by atoms with Gasteiger partial charge in [-0.15, -0.1) is 0 Å². The number of amidine groups is 2. The van der Waals surface area contributed by atoms with Crippen LogP contribution in [0.5, 0.6) is 5.75 Å². The minimum absolute atomic E-state index is 0.0197. The Kier molecular flexibility index (Phi) is 14.3. The first-order valence-electron chi connectivity index (χ1n) is 18.9. The first-order valence-corrected chi connectivity index (χ1v) is 20.3. The number of carboxylic acid groups (broad SMARTS) is 1. The molecular formula is C40H55N7O9S. The van der Waals surface area contributed by atoms with E-state index in [-0.39, 0.29) is 52.4 Å². The number of carbonyl (C=O) groups is 3. The molecular weight excluding hydrogens is 755 g/mol. The Hall–Kier alpha value is -5.29. The number of benzene rings is 1. The summed E-state index contributed by atoms with van der Waals surface area (Å²) in [6.07, 6.45) is 11.2. The molecule has 3 aliphatic rings. The zero-order chi connectivity index (χ0) is 42.4. The monoisotopic (exact) mass is 809 g/mol. The van der Waals surface area contributed by atoms with Crippen LogP contribution in [0, 0.1) is 12.8 Å². The van der Waals surface area contributed by atoms with Gasteiger partial charge in [-0.2, -0.15) is 12.7 Å². The van der Waals surface area contributed by atoms with Crippen molar-refractivity contribution in [2.45, 2.75) is 104 Å². The fourth-order valence-electron chi connectivity index (χ4n) is 6.89. The third kappa shape index (κ3) is 10.6. The maximum absolute atomic E-state index is 13.6. The lowest BCUT2D eigenvalue weighted by molar-refractivity contribution is -0.161. The van der Waals surface area contributed by atoms with Gasteiger partial charge >= 0.3 is 16.3 Å². The molecule has 0 spiro atoms. The second-order valence-corrected chi connectivity index (χ2v) is 16.4. The smallest absolute Gasteiger partial charge is 0.366 e. The van der Waals surface area contributed by atoms with E-state index in [0.29, 0.717) is 5.75 Å².